The molecule has 0 radical (unpaired) electrons. The van der Waals surface area contributed by atoms with E-state index in [2.05, 4.69) is 208 Å². The molecule has 1 aliphatic carbocycles. The molecule has 2 unspecified atom stereocenters. The maximum atomic E-state index is 9.24. The Morgan fingerprint density at radius 1 is 0.523 bits per heavy atom. The van der Waals surface area contributed by atoms with Gasteiger partial charge >= 0.3 is 0 Å². The zero-order valence-corrected chi connectivity index (χ0v) is 37.1. The van der Waals surface area contributed by atoms with Gasteiger partial charge in [0.25, 0.3) is 0 Å². The summed E-state index contributed by atoms with van der Waals surface area (Å²) in [6.07, 6.45) is 6.86. The fraction of sp³-hybridized carbons (Fsp3) is 0.113. The third-order valence-corrected chi connectivity index (χ3v) is 13.2. The maximum absolute atomic E-state index is 9.24. The van der Waals surface area contributed by atoms with Crippen LogP contribution in [-0.4, -0.2) is 6.04 Å². The van der Waals surface area contributed by atoms with E-state index < -0.39 is 0 Å². The van der Waals surface area contributed by atoms with Gasteiger partial charge in [0.05, 0.1) is 17.7 Å². The molecule has 9 aromatic rings. The van der Waals surface area contributed by atoms with Gasteiger partial charge in [-0.25, -0.2) is 0 Å². The number of benzene rings is 8. The maximum Gasteiger partial charge on any atom is 0.135 e. The molecule has 1 N–H and O–H groups in total. The molecule has 3 nitrogen and oxygen atoms in total. The summed E-state index contributed by atoms with van der Waals surface area (Å²) < 4.78 is 6.24. The van der Waals surface area contributed by atoms with Crippen LogP contribution in [0.2, 0.25) is 0 Å². The fourth-order valence-electron chi connectivity index (χ4n) is 9.30. The quantitative estimate of drug-likeness (QED) is 0.141. The van der Waals surface area contributed by atoms with Crippen molar-refractivity contribution < 1.29 is 4.42 Å². The van der Waals surface area contributed by atoms with Gasteiger partial charge in [0, 0.05) is 22.4 Å². The lowest BCUT2D eigenvalue weighted by atomic mass is 9.79. The van der Waals surface area contributed by atoms with E-state index in [0.717, 1.165) is 57.0 Å². The van der Waals surface area contributed by atoms with Crippen LogP contribution in [0.25, 0.3) is 83.3 Å². The number of rotatable bonds is 11. The molecule has 0 amide bonds. The first-order chi connectivity index (χ1) is 32.0. The third kappa shape index (κ3) is 8.36. The van der Waals surface area contributed by atoms with Gasteiger partial charge in [-0.15, -0.1) is 0 Å². The number of hydrogen-bond donors (Lipinski definition) is 1. The Morgan fingerprint density at radius 3 is 1.45 bits per heavy atom. The molecular weight excluding hydrogens is 789 g/mol. The van der Waals surface area contributed by atoms with E-state index in [4.69, 9.17) is 4.42 Å². The molecule has 0 spiro atoms. The lowest BCUT2D eigenvalue weighted by Crippen LogP contribution is -2.37. The monoisotopic (exact) mass is 838 g/mol. The van der Waals surface area contributed by atoms with Crippen molar-refractivity contribution in [2.45, 2.75) is 39.7 Å². The summed E-state index contributed by atoms with van der Waals surface area (Å²) in [6.45, 7) is 6.81. The molecule has 3 heteroatoms. The van der Waals surface area contributed by atoms with E-state index >= 15 is 0 Å². The van der Waals surface area contributed by atoms with Crippen LogP contribution in [0.5, 0.6) is 0 Å². The first-order valence-electron chi connectivity index (χ1n) is 22.8. The molecular formula is C62H50N2O. The minimum Gasteiger partial charge on any atom is -0.456 e. The lowest BCUT2D eigenvalue weighted by Gasteiger charge is -2.34. The van der Waals surface area contributed by atoms with Gasteiger partial charge in [-0.3, -0.25) is 0 Å². The number of fused-ring (bicyclic) bond motifs is 3. The number of furan rings is 1. The number of nitrogens with zero attached hydrogens (tertiary/aromatic N) is 1. The highest BCUT2D eigenvalue weighted by Gasteiger charge is 2.29. The highest BCUT2D eigenvalue weighted by Crippen LogP contribution is 2.39. The van der Waals surface area contributed by atoms with Crippen LogP contribution >= 0.6 is 0 Å². The zero-order chi connectivity index (χ0) is 44.3. The van der Waals surface area contributed by atoms with Gasteiger partial charge in [0.2, 0.25) is 0 Å². The lowest BCUT2D eigenvalue weighted by molar-refractivity contribution is 0.521. The van der Waals surface area contributed by atoms with Crippen molar-refractivity contribution >= 4 is 38.8 Å². The molecule has 65 heavy (non-hydrogen) atoms. The highest BCUT2D eigenvalue weighted by molar-refractivity contribution is 6.07. The van der Waals surface area contributed by atoms with Crippen molar-refractivity contribution in [2.75, 3.05) is 0 Å². The SMILES string of the molecule is CC/C(C)=C(/NC1C(c2ccccc2)=CC(c2ccccc2)=CC1CC)c1ccc(-c2ccc(-c3ccc(-c4ccc5oc6ccc(-c7ccc(C#N)cc7)cc6c5c4)cc3)cc2)cc1. The van der Waals surface area contributed by atoms with Crippen molar-refractivity contribution in [3.8, 4) is 50.6 Å². The van der Waals surface area contributed by atoms with Crippen molar-refractivity contribution in [3.05, 3.63) is 234 Å². The second-order valence-corrected chi connectivity index (χ2v) is 17.1. The Labute approximate surface area is 382 Å². The molecule has 1 heterocycles. The van der Waals surface area contributed by atoms with Crippen LogP contribution in [0.15, 0.2) is 216 Å². The summed E-state index contributed by atoms with van der Waals surface area (Å²) in [5.41, 5.74) is 20.5. The van der Waals surface area contributed by atoms with Crippen molar-refractivity contribution in [2.24, 2.45) is 5.92 Å². The van der Waals surface area contributed by atoms with Gasteiger partial charge in [0.15, 0.2) is 0 Å². The number of allylic oxidation sites excluding steroid dienone is 3. The Morgan fingerprint density at radius 2 is 0.969 bits per heavy atom. The summed E-state index contributed by atoms with van der Waals surface area (Å²) >= 11 is 0. The van der Waals surface area contributed by atoms with Crippen LogP contribution in [0.1, 0.15) is 55.9 Å². The van der Waals surface area contributed by atoms with Crippen LogP contribution < -0.4 is 5.32 Å². The fourth-order valence-corrected chi connectivity index (χ4v) is 9.30. The zero-order valence-electron chi connectivity index (χ0n) is 37.1. The molecule has 0 saturated heterocycles. The predicted molar refractivity (Wildman–Crippen MR) is 273 cm³/mol. The van der Waals surface area contributed by atoms with E-state index in [1.165, 1.54) is 61.4 Å². The van der Waals surface area contributed by atoms with Crippen molar-refractivity contribution in [3.63, 3.8) is 0 Å². The van der Waals surface area contributed by atoms with Crippen LogP contribution in [0.3, 0.4) is 0 Å². The molecule has 8 aromatic carbocycles. The molecule has 1 aliphatic rings. The van der Waals surface area contributed by atoms with Crippen molar-refractivity contribution in [1.29, 1.82) is 5.26 Å². The summed E-state index contributed by atoms with van der Waals surface area (Å²) in [4.78, 5) is 0. The van der Waals surface area contributed by atoms with Gasteiger partial charge < -0.3 is 9.73 Å². The molecule has 1 aromatic heterocycles. The Bertz CT molecular complexity index is 3270. The minimum atomic E-state index is 0.128. The molecule has 0 aliphatic heterocycles. The third-order valence-electron chi connectivity index (χ3n) is 13.2. The first kappa shape index (κ1) is 41.1. The van der Waals surface area contributed by atoms with E-state index in [1.807, 2.05) is 30.3 Å². The smallest absolute Gasteiger partial charge is 0.135 e. The topological polar surface area (TPSA) is 49.0 Å². The number of nitrogens with one attached hydrogen (secondary N) is 1. The van der Waals surface area contributed by atoms with Gasteiger partial charge in [0.1, 0.15) is 11.2 Å². The molecule has 2 atom stereocenters. The summed E-state index contributed by atoms with van der Waals surface area (Å²) in [6, 6.07) is 71.3. The summed E-state index contributed by atoms with van der Waals surface area (Å²) in [5, 5.41) is 15.5. The first-order valence-corrected chi connectivity index (χ1v) is 22.8. The van der Waals surface area contributed by atoms with Crippen LogP contribution in [0, 0.1) is 17.2 Å². The Kier molecular flexibility index (Phi) is 11.4. The molecule has 0 saturated carbocycles. The van der Waals surface area contributed by atoms with E-state index in [1.54, 1.807) is 0 Å². The predicted octanol–water partition coefficient (Wildman–Crippen LogP) is 16.4. The summed E-state index contributed by atoms with van der Waals surface area (Å²) in [7, 11) is 0. The molecule has 314 valence electrons. The number of hydrogen-bond acceptors (Lipinski definition) is 3. The Balaban J connectivity index is 0.868. The Hall–Kier alpha value is -7.93. The van der Waals surface area contributed by atoms with E-state index in [-0.39, 0.29) is 6.04 Å². The highest BCUT2D eigenvalue weighted by atomic mass is 16.3. The van der Waals surface area contributed by atoms with E-state index in [0.29, 0.717) is 11.5 Å². The minimum absolute atomic E-state index is 0.128. The average molecular weight is 839 g/mol. The standard InChI is InChI=1S/C62H50N2O/c1-4-41(3)61(64-62-43(5-2)36-55(44-12-8-6-9-13-44)39-56(62)51-14-10-7-11-15-51)52-30-28-48(29-31-52)46-22-20-45(21-23-46)47-24-26-50(27-25-47)54-33-35-60-58(38-54)57-37-53(32-34-59(57)65-60)49-18-16-42(40-63)17-19-49/h6-39,43,62,64H,4-5H2,1-3H3/b61-41+. The summed E-state index contributed by atoms with van der Waals surface area (Å²) in [5.74, 6) is 0.322. The van der Waals surface area contributed by atoms with E-state index in [9.17, 15) is 5.26 Å². The second-order valence-electron chi connectivity index (χ2n) is 17.1. The van der Waals surface area contributed by atoms with Gasteiger partial charge in [-0.05, 0) is 140 Å². The molecule has 0 fully saturated rings. The number of nitriles is 1. The van der Waals surface area contributed by atoms with Crippen LogP contribution in [-0.2, 0) is 0 Å². The van der Waals surface area contributed by atoms with Crippen molar-refractivity contribution in [1.82, 2.24) is 5.32 Å². The molecule has 10 rings (SSSR count). The molecule has 0 bridgehead atoms. The normalized spacial score (nSPS) is 15.2. The second kappa shape index (κ2) is 18.0. The van der Waals surface area contributed by atoms with Gasteiger partial charge in [-0.1, -0.05) is 178 Å². The van der Waals surface area contributed by atoms with Crippen LogP contribution in [0.4, 0.5) is 0 Å². The van der Waals surface area contributed by atoms with Gasteiger partial charge in [-0.2, -0.15) is 5.26 Å². The average Bonchev–Trinajstić information content (AvgIpc) is 3.75. The largest absolute Gasteiger partial charge is 0.456 e.